The number of alkyl halides is 1. The molecule has 0 spiro atoms. The molecule has 2 aromatic heterocycles. The van der Waals surface area contributed by atoms with Crippen molar-refractivity contribution in [2.75, 3.05) is 6.54 Å². The fraction of sp³-hybridized carbons (Fsp3) is 0.448. The monoisotopic (exact) mass is 567 g/mol. The number of ether oxygens (including phenoxy) is 1. The SMILES string of the molecule is O=C(NCC1(C2=CCC(Cl)C=C2)CC1)C1=C(Cl)C=CCC1OCc1cc(=O)n2nc(C3=CCCCC3)nc2[nH]1. The fourth-order valence-electron chi connectivity index (χ4n) is 5.50. The average molecular weight is 569 g/mol. The van der Waals surface area contributed by atoms with Gasteiger partial charge < -0.3 is 15.0 Å². The zero-order valence-corrected chi connectivity index (χ0v) is 23.1. The number of nitrogens with one attached hydrogen (secondary N) is 2. The summed E-state index contributed by atoms with van der Waals surface area (Å²) in [6.07, 6.45) is 19.1. The van der Waals surface area contributed by atoms with E-state index in [1.165, 1.54) is 16.2 Å². The highest BCUT2D eigenvalue weighted by Gasteiger charge is 2.45. The largest absolute Gasteiger partial charge is 0.367 e. The van der Waals surface area contributed by atoms with Crippen LogP contribution in [-0.2, 0) is 16.1 Å². The standard InChI is InChI=1S/C29H31Cl2N5O3/c30-20-11-9-19(10-12-20)29(13-14-29)17-32-27(38)25-22(31)7-4-8-23(25)39-16-21-15-24(37)36-28(33-21)34-26(35-36)18-5-2-1-3-6-18/h4-5,7,9-11,15,20,23H,1-3,6,8,12-14,16-17H2,(H,32,38)(H,33,34,35). The molecule has 0 saturated heterocycles. The number of aromatic amines is 1. The number of rotatable bonds is 8. The molecule has 0 bridgehead atoms. The molecule has 2 heterocycles. The summed E-state index contributed by atoms with van der Waals surface area (Å²) < 4.78 is 7.43. The molecule has 4 aliphatic carbocycles. The minimum atomic E-state index is -0.538. The summed E-state index contributed by atoms with van der Waals surface area (Å²) in [7, 11) is 0. The fourth-order valence-corrected chi connectivity index (χ4v) is 5.95. The van der Waals surface area contributed by atoms with E-state index < -0.39 is 6.10 Å². The van der Waals surface area contributed by atoms with Gasteiger partial charge in [-0.25, -0.2) is 0 Å². The third-order valence-electron chi connectivity index (χ3n) is 7.94. The van der Waals surface area contributed by atoms with Crippen molar-refractivity contribution in [3.8, 4) is 0 Å². The molecule has 39 heavy (non-hydrogen) atoms. The maximum Gasteiger partial charge on any atom is 0.275 e. The highest BCUT2D eigenvalue weighted by Crippen LogP contribution is 2.52. The molecule has 0 aliphatic heterocycles. The van der Waals surface area contributed by atoms with Crippen LogP contribution in [0.5, 0.6) is 0 Å². The van der Waals surface area contributed by atoms with Gasteiger partial charge in [-0.3, -0.25) is 9.59 Å². The Kier molecular flexibility index (Phi) is 7.35. The number of allylic oxidation sites excluding steroid dienone is 7. The van der Waals surface area contributed by atoms with E-state index in [1.807, 2.05) is 12.2 Å². The van der Waals surface area contributed by atoms with Crippen LogP contribution in [0.15, 0.2) is 63.5 Å². The van der Waals surface area contributed by atoms with Gasteiger partial charge in [0, 0.05) is 23.7 Å². The van der Waals surface area contributed by atoms with Crippen molar-refractivity contribution < 1.29 is 9.53 Å². The van der Waals surface area contributed by atoms with Crippen molar-refractivity contribution in [3.63, 3.8) is 0 Å². The zero-order valence-electron chi connectivity index (χ0n) is 21.6. The van der Waals surface area contributed by atoms with Crippen molar-refractivity contribution >= 4 is 40.5 Å². The second-order valence-electron chi connectivity index (χ2n) is 10.7. The molecule has 1 fully saturated rings. The van der Waals surface area contributed by atoms with Crippen molar-refractivity contribution in [3.05, 3.63) is 80.6 Å². The Morgan fingerprint density at radius 2 is 2.10 bits per heavy atom. The Hall–Kier alpha value is -2.94. The first-order valence-electron chi connectivity index (χ1n) is 13.6. The van der Waals surface area contributed by atoms with Crippen LogP contribution in [0.2, 0.25) is 0 Å². The number of carbonyl (C=O) groups is 1. The van der Waals surface area contributed by atoms with Crippen LogP contribution in [-0.4, -0.2) is 43.5 Å². The summed E-state index contributed by atoms with van der Waals surface area (Å²) in [6, 6.07) is 1.46. The minimum Gasteiger partial charge on any atom is -0.367 e. The predicted octanol–water partition coefficient (Wildman–Crippen LogP) is 5.10. The van der Waals surface area contributed by atoms with Crippen molar-refractivity contribution in [1.82, 2.24) is 24.9 Å². The van der Waals surface area contributed by atoms with Gasteiger partial charge in [0.15, 0.2) is 5.82 Å². The normalized spacial score (nSPS) is 24.1. The number of H-pyrrole nitrogens is 1. The maximum atomic E-state index is 13.3. The number of carbonyl (C=O) groups excluding carboxylic acids is 1. The molecule has 6 rings (SSSR count). The molecule has 204 valence electrons. The van der Waals surface area contributed by atoms with E-state index in [4.69, 9.17) is 27.9 Å². The molecule has 4 aliphatic rings. The quantitative estimate of drug-likeness (QED) is 0.432. The van der Waals surface area contributed by atoms with Crippen LogP contribution in [0.3, 0.4) is 0 Å². The molecule has 10 heteroatoms. The van der Waals surface area contributed by atoms with Gasteiger partial charge >= 0.3 is 0 Å². The summed E-state index contributed by atoms with van der Waals surface area (Å²) in [6.45, 7) is 0.631. The second kappa shape index (κ2) is 10.9. The van der Waals surface area contributed by atoms with Crippen LogP contribution in [0.1, 0.15) is 62.9 Å². The lowest BCUT2D eigenvalue weighted by atomic mass is 9.90. The Bertz CT molecular complexity index is 1510. The Balaban J connectivity index is 1.13. The van der Waals surface area contributed by atoms with E-state index in [-0.39, 0.29) is 28.9 Å². The summed E-state index contributed by atoms with van der Waals surface area (Å²) in [5, 5.41) is 7.90. The molecule has 1 saturated carbocycles. The first kappa shape index (κ1) is 26.3. The van der Waals surface area contributed by atoms with Gasteiger partial charge in [0.1, 0.15) is 0 Å². The lowest BCUT2D eigenvalue weighted by Crippen LogP contribution is -2.37. The van der Waals surface area contributed by atoms with Crippen molar-refractivity contribution in [1.29, 1.82) is 0 Å². The average Bonchev–Trinajstić information content (AvgIpc) is 3.61. The highest BCUT2D eigenvalue weighted by molar-refractivity contribution is 6.33. The molecule has 2 N–H and O–H groups in total. The van der Waals surface area contributed by atoms with Crippen LogP contribution in [0, 0.1) is 5.41 Å². The summed E-state index contributed by atoms with van der Waals surface area (Å²) in [5.74, 6) is 0.726. The highest BCUT2D eigenvalue weighted by atomic mass is 35.5. The van der Waals surface area contributed by atoms with Gasteiger partial charge in [-0.2, -0.15) is 9.50 Å². The zero-order chi connectivity index (χ0) is 27.0. The number of aromatic nitrogens is 4. The molecule has 0 radical (unpaired) electrons. The number of amides is 1. The van der Waals surface area contributed by atoms with Gasteiger partial charge in [0.05, 0.1) is 28.7 Å². The molecule has 0 aromatic carbocycles. The minimum absolute atomic E-state index is 0.0310. The van der Waals surface area contributed by atoms with E-state index in [9.17, 15) is 9.59 Å². The van der Waals surface area contributed by atoms with E-state index in [1.54, 1.807) is 6.08 Å². The lowest BCUT2D eigenvalue weighted by molar-refractivity contribution is -0.119. The van der Waals surface area contributed by atoms with Crippen LogP contribution < -0.4 is 10.9 Å². The molecule has 2 unspecified atom stereocenters. The van der Waals surface area contributed by atoms with E-state index in [0.29, 0.717) is 40.9 Å². The topological polar surface area (TPSA) is 101 Å². The molecule has 2 aromatic rings. The molecule has 2 atom stereocenters. The summed E-state index contributed by atoms with van der Waals surface area (Å²) >= 11 is 12.7. The number of halogens is 2. The van der Waals surface area contributed by atoms with Gasteiger partial charge in [0.2, 0.25) is 5.78 Å². The smallest absolute Gasteiger partial charge is 0.275 e. The Labute approximate surface area is 236 Å². The summed E-state index contributed by atoms with van der Waals surface area (Å²) in [5.41, 5.74) is 2.96. The second-order valence-corrected chi connectivity index (χ2v) is 11.7. The van der Waals surface area contributed by atoms with Crippen molar-refractivity contribution in [2.45, 2.75) is 69.5 Å². The van der Waals surface area contributed by atoms with Crippen LogP contribution >= 0.6 is 23.2 Å². The van der Waals surface area contributed by atoms with E-state index in [0.717, 1.165) is 50.5 Å². The van der Waals surface area contributed by atoms with Crippen LogP contribution in [0.25, 0.3) is 11.4 Å². The first-order valence-corrected chi connectivity index (χ1v) is 14.4. The van der Waals surface area contributed by atoms with Gasteiger partial charge in [-0.05, 0) is 68.6 Å². The molecular weight excluding hydrogens is 537 g/mol. The number of nitrogens with zero attached hydrogens (tertiary/aromatic N) is 3. The maximum absolute atomic E-state index is 13.3. The Morgan fingerprint density at radius 3 is 2.85 bits per heavy atom. The number of hydrogen-bond donors (Lipinski definition) is 2. The van der Waals surface area contributed by atoms with Gasteiger partial charge in [-0.15, -0.1) is 16.7 Å². The summed E-state index contributed by atoms with van der Waals surface area (Å²) in [4.78, 5) is 33.8. The number of hydrogen-bond acceptors (Lipinski definition) is 5. The number of fused-ring (bicyclic) bond motifs is 1. The molecular formula is C29H31Cl2N5O3. The first-order chi connectivity index (χ1) is 18.9. The third-order valence-corrected chi connectivity index (χ3v) is 8.60. The van der Waals surface area contributed by atoms with E-state index in [2.05, 4.69) is 38.6 Å². The van der Waals surface area contributed by atoms with Gasteiger partial charge in [0.25, 0.3) is 11.5 Å². The molecule has 8 nitrogen and oxygen atoms in total. The Morgan fingerprint density at radius 1 is 1.23 bits per heavy atom. The van der Waals surface area contributed by atoms with E-state index >= 15 is 0 Å². The van der Waals surface area contributed by atoms with Gasteiger partial charge in [-0.1, -0.05) is 42.0 Å². The van der Waals surface area contributed by atoms with Crippen LogP contribution in [0.4, 0.5) is 0 Å². The lowest BCUT2D eigenvalue weighted by Gasteiger charge is -2.25. The molecule has 1 amide bonds. The third kappa shape index (κ3) is 5.55. The van der Waals surface area contributed by atoms with Crippen molar-refractivity contribution in [2.24, 2.45) is 5.41 Å². The predicted molar refractivity (Wildman–Crippen MR) is 151 cm³/mol.